The van der Waals surface area contributed by atoms with Gasteiger partial charge in [-0.25, -0.2) is 9.59 Å². The maximum absolute atomic E-state index is 8.78. The van der Waals surface area contributed by atoms with Crippen LogP contribution in [0.5, 0.6) is 0 Å². The summed E-state index contributed by atoms with van der Waals surface area (Å²) in [5, 5.41) is 14.4. The summed E-state index contributed by atoms with van der Waals surface area (Å²) in [7, 11) is 0. The van der Waals surface area contributed by atoms with Gasteiger partial charge in [0.15, 0.2) is 0 Å². The number of hydrogen-bond acceptors (Lipinski definition) is 2. The fourth-order valence-corrected chi connectivity index (χ4v) is 0. The Balaban J connectivity index is -0.0000000720. The van der Waals surface area contributed by atoms with Crippen LogP contribution in [0.2, 0.25) is 0 Å². The Morgan fingerprint density at radius 3 is 1.00 bits per heavy atom. The highest BCUT2D eigenvalue weighted by Gasteiger charge is 1.65. The van der Waals surface area contributed by atoms with Crippen molar-refractivity contribution in [3.63, 3.8) is 0 Å². The standard InChI is InChI=1S/2CH3NO2.H2S/c2*2-1(3)4;/h2*2H2,(H,3,4);1H2. The molecule has 56 valence electrons. The number of amides is 2. The van der Waals surface area contributed by atoms with E-state index in [0.717, 1.165) is 0 Å². The van der Waals surface area contributed by atoms with Crippen molar-refractivity contribution in [3.05, 3.63) is 0 Å². The lowest BCUT2D eigenvalue weighted by Crippen LogP contribution is -2.03. The lowest BCUT2D eigenvalue weighted by atomic mass is 11.3. The lowest BCUT2D eigenvalue weighted by Gasteiger charge is -1.61. The number of nitrogens with two attached hydrogens (primary N) is 2. The van der Waals surface area contributed by atoms with Crippen LogP contribution in [-0.4, -0.2) is 22.4 Å². The number of primary amides is 2. The van der Waals surface area contributed by atoms with E-state index in [2.05, 4.69) is 11.5 Å². The zero-order chi connectivity index (χ0) is 7.15. The number of hydrogen-bond donors (Lipinski definition) is 4. The van der Waals surface area contributed by atoms with E-state index >= 15 is 0 Å². The lowest BCUT2D eigenvalue weighted by molar-refractivity contribution is 0.204. The van der Waals surface area contributed by atoms with Crippen molar-refractivity contribution in [2.75, 3.05) is 0 Å². The molecule has 0 aromatic carbocycles. The van der Waals surface area contributed by atoms with E-state index in [1.54, 1.807) is 0 Å². The molecule has 0 spiro atoms. The molecule has 0 aliphatic rings. The van der Waals surface area contributed by atoms with Crippen LogP contribution in [0.25, 0.3) is 0 Å². The van der Waals surface area contributed by atoms with Gasteiger partial charge >= 0.3 is 12.2 Å². The average Bonchev–Trinajstić information content (AvgIpc) is 1.25. The quantitative estimate of drug-likeness (QED) is 0.372. The minimum Gasteiger partial charge on any atom is -0.465 e. The van der Waals surface area contributed by atoms with Gasteiger partial charge < -0.3 is 21.7 Å². The molecule has 0 aliphatic carbocycles. The fraction of sp³-hybridized carbons (Fsp3) is 0. The van der Waals surface area contributed by atoms with Gasteiger partial charge in [-0.1, -0.05) is 0 Å². The molecule has 0 aromatic rings. The van der Waals surface area contributed by atoms with Gasteiger partial charge in [-0.15, -0.1) is 0 Å². The highest BCUT2D eigenvalue weighted by molar-refractivity contribution is 7.59. The molecule has 9 heavy (non-hydrogen) atoms. The van der Waals surface area contributed by atoms with Crippen molar-refractivity contribution in [1.82, 2.24) is 0 Å². The summed E-state index contributed by atoms with van der Waals surface area (Å²) in [6.07, 6.45) is -2.67. The maximum atomic E-state index is 8.78. The first kappa shape index (κ1) is 15.7. The van der Waals surface area contributed by atoms with Gasteiger partial charge in [0.2, 0.25) is 0 Å². The molecule has 2 amide bonds. The fourth-order valence-electron chi connectivity index (χ4n) is 0. The van der Waals surface area contributed by atoms with Crippen molar-refractivity contribution in [1.29, 1.82) is 0 Å². The molecule has 0 saturated carbocycles. The van der Waals surface area contributed by atoms with Gasteiger partial charge in [0.25, 0.3) is 0 Å². The second-order valence-corrected chi connectivity index (χ2v) is 0.676. The van der Waals surface area contributed by atoms with Gasteiger partial charge in [0.1, 0.15) is 0 Å². The second kappa shape index (κ2) is 10.00. The van der Waals surface area contributed by atoms with E-state index in [0.29, 0.717) is 0 Å². The van der Waals surface area contributed by atoms with Crippen molar-refractivity contribution in [3.8, 4) is 0 Å². The van der Waals surface area contributed by atoms with Crippen LogP contribution in [0.4, 0.5) is 9.59 Å². The van der Waals surface area contributed by atoms with Gasteiger partial charge in [0.05, 0.1) is 0 Å². The summed E-state index contributed by atoms with van der Waals surface area (Å²) in [4.78, 5) is 17.6. The number of rotatable bonds is 0. The molecular weight excluding hydrogens is 148 g/mol. The normalized spacial score (nSPS) is 5.33. The van der Waals surface area contributed by atoms with Gasteiger partial charge in [0, 0.05) is 0 Å². The zero-order valence-electron chi connectivity index (χ0n) is 4.37. The molecule has 0 aliphatic heterocycles. The number of carbonyl (C=O) groups is 2. The molecule has 6 N–H and O–H groups in total. The molecule has 0 aromatic heterocycles. The van der Waals surface area contributed by atoms with Crippen molar-refractivity contribution in [2.45, 2.75) is 0 Å². The second-order valence-electron chi connectivity index (χ2n) is 0.676. The summed E-state index contributed by atoms with van der Waals surface area (Å²) in [5.41, 5.74) is 8.06. The Kier molecular flexibility index (Phi) is 17.4. The molecule has 0 heterocycles. The van der Waals surface area contributed by atoms with Crippen LogP contribution in [0, 0.1) is 0 Å². The van der Waals surface area contributed by atoms with Crippen LogP contribution in [0.1, 0.15) is 0 Å². The minimum atomic E-state index is -1.33. The molecule has 0 fully saturated rings. The molecule has 0 rings (SSSR count). The van der Waals surface area contributed by atoms with Crippen LogP contribution >= 0.6 is 13.5 Å². The van der Waals surface area contributed by atoms with E-state index in [1.807, 2.05) is 0 Å². The smallest absolute Gasteiger partial charge is 0.402 e. The Morgan fingerprint density at radius 1 is 1.00 bits per heavy atom. The molecule has 0 saturated heterocycles. The third-order valence-electron chi connectivity index (χ3n) is 0. The van der Waals surface area contributed by atoms with E-state index in [-0.39, 0.29) is 13.5 Å². The summed E-state index contributed by atoms with van der Waals surface area (Å²) >= 11 is 0. The summed E-state index contributed by atoms with van der Waals surface area (Å²) in [5.74, 6) is 0. The monoisotopic (exact) mass is 156 g/mol. The Hall–Kier alpha value is -1.11. The van der Waals surface area contributed by atoms with Crippen LogP contribution in [0.3, 0.4) is 0 Å². The highest BCUT2D eigenvalue weighted by Crippen LogP contribution is 1.35. The van der Waals surface area contributed by atoms with Gasteiger partial charge in [-0.05, 0) is 0 Å². The van der Waals surface area contributed by atoms with Crippen molar-refractivity contribution >= 4 is 25.7 Å². The minimum absolute atomic E-state index is 0. The molecule has 6 nitrogen and oxygen atoms in total. The van der Waals surface area contributed by atoms with Crippen LogP contribution in [0.15, 0.2) is 0 Å². The van der Waals surface area contributed by atoms with Crippen LogP contribution < -0.4 is 11.5 Å². The number of carboxylic acid groups (broad SMARTS) is 2. The predicted molar refractivity (Wildman–Crippen MR) is 34.8 cm³/mol. The third-order valence-corrected chi connectivity index (χ3v) is 0. The zero-order valence-corrected chi connectivity index (χ0v) is 5.37. The van der Waals surface area contributed by atoms with Gasteiger partial charge in [-0.3, -0.25) is 0 Å². The van der Waals surface area contributed by atoms with E-state index in [1.165, 1.54) is 0 Å². The predicted octanol–water partition coefficient (Wildman–Crippen LogP) is -0.641. The Morgan fingerprint density at radius 2 is 1.00 bits per heavy atom. The third kappa shape index (κ3) is 134. The van der Waals surface area contributed by atoms with Crippen molar-refractivity contribution in [2.24, 2.45) is 11.5 Å². The SMILES string of the molecule is NC(=O)O.NC(=O)O.S. The first-order chi connectivity index (χ1) is 3.46. The summed E-state index contributed by atoms with van der Waals surface area (Å²) in [6, 6.07) is 0. The van der Waals surface area contributed by atoms with E-state index in [9.17, 15) is 0 Å². The largest absolute Gasteiger partial charge is 0.465 e. The topological polar surface area (TPSA) is 127 Å². The van der Waals surface area contributed by atoms with Gasteiger partial charge in [-0.2, -0.15) is 13.5 Å². The molecule has 0 atom stereocenters. The maximum Gasteiger partial charge on any atom is 0.402 e. The van der Waals surface area contributed by atoms with E-state index in [4.69, 9.17) is 19.8 Å². The van der Waals surface area contributed by atoms with Crippen LogP contribution in [-0.2, 0) is 0 Å². The molecule has 0 radical (unpaired) electrons. The average molecular weight is 156 g/mol. The first-order valence-corrected chi connectivity index (χ1v) is 1.43. The highest BCUT2D eigenvalue weighted by atomic mass is 32.1. The summed E-state index contributed by atoms with van der Waals surface area (Å²) in [6.45, 7) is 0. The summed E-state index contributed by atoms with van der Waals surface area (Å²) < 4.78 is 0. The first-order valence-electron chi connectivity index (χ1n) is 1.43. The molecular formula is C2H8N2O4S. The Bertz CT molecular complexity index is 74.6. The molecule has 0 unspecified atom stereocenters. The Labute approximate surface area is 57.9 Å². The molecule has 7 heteroatoms. The molecule has 0 bridgehead atoms. The van der Waals surface area contributed by atoms with Crippen molar-refractivity contribution < 1.29 is 19.8 Å². The van der Waals surface area contributed by atoms with E-state index < -0.39 is 12.2 Å².